The van der Waals surface area contributed by atoms with E-state index in [1.807, 2.05) is 0 Å². The van der Waals surface area contributed by atoms with Gasteiger partial charge in [-0.2, -0.15) is 0 Å². The highest BCUT2D eigenvalue weighted by Gasteiger charge is 2.61. The van der Waals surface area contributed by atoms with E-state index in [2.05, 4.69) is 16.8 Å². The number of rotatable bonds is 2. The van der Waals surface area contributed by atoms with Crippen molar-refractivity contribution in [2.75, 3.05) is 20.3 Å². The number of hydrogen-bond acceptors (Lipinski definition) is 7. The van der Waals surface area contributed by atoms with Crippen LogP contribution in [0.25, 0.3) is 0 Å². The van der Waals surface area contributed by atoms with E-state index in [-0.39, 0.29) is 24.3 Å². The maximum atomic E-state index is 12.7. The average molecular weight is 334 g/mol. The van der Waals surface area contributed by atoms with Crippen LogP contribution in [-0.4, -0.2) is 60.3 Å². The molecule has 4 rings (SSSR count). The summed E-state index contributed by atoms with van der Waals surface area (Å²) >= 11 is 0. The normalized spacial score (nSPS) is 32.9. The summed E-state index contributed by atoms with van der Waals surface area (Å²) in [6, 6.07) is 0.808. The Morgan fingerprint density at radius 3 is 2.79 bits per heavy atom. The predicted octanol–water partition coefficient (Wildman–Crippen LogP) is -1.03. The van der Waals surface area contributed by atoms with Gasteiger partial charge in [0.2, 0.25) is 5.78 Å². The van der Waals surface area contributed by atoms with Crippen molar-refractivity contribution in [2.45, 2.75) is 25.0 Å². The lowest BCUT2D eigenvalue weighted by Crippen LogP contribution is -2.39. The molecule has 0 aromatic heterocycles. The van der Waals surface area contributed by atoms with Gasteiger partial charge >= 0.3 is 6.09 Å². The van der Waals surface area contributed by atoms with E-state index in [9.17, 15) is 9.59 Å². The molecule has 0 aromatic carbocycles. The summed E-state index contributed by atoms with van der Waals surface area (Å²) in [6.45, 7) is 6.70. The van der Waals surface area contributed by atoms with E-state index in [1.165, 1.54) is 0 Å². The van der Waals surface area contributed by atoms with Crippen LogP contribution in [0.2, 0.25) is 0 Å². The molecular formula is C16H22N4O4. The van der Waals surface area contributed by atoms with E-state index in [1.54, 1.807) is 6.92 Å². The molecule has 2 fully saturated rings. The van der Waals surface area contributed by atoms with Crippen LogP contribution < -0.4 is 16.8 Å². The number of piperazine rings is 1. The molecule has 8 nitrogen and oxygen atoms in total. The molecule has 0 radical (unpaired) electrons. The van der Waals surface area contributed by atoms with Gasteiger partial charge in [0.1, 0.15) is 6.61 Å². The van der Waals surface area contributed by atoms with Gasteiger partial charge in [0, 0.05) is 42.9 Å². The second-order valence-electron chi connectivity index (χ2n) is 6.29. The first-order valence-corrected chi connectivity index (χ1v) is 7.76. The number of allylic oxidation sites excluding steroid dienone is 2. The third kappa shape index (κ3) is 2.14. The minimum absolute atomic E-state index is 0.0484. The summed E-state index contributed by atoms with van der Waals surface area (Å²) in [7, 11) is 1.00. The van der Waals surface area contributed by atoms with Gasteiger partial charge in [-0.15, -0.1) is 0 Å². The number of ketones is 1. The number of amides is 1. The minimum Gasteiger partial charge on any atom is -0.449 e. The fourth-order valence-corrected chi connectivity index (χ4v) is 4.08. The Morgan fingerprint density at radius 1 is 1.50 bits per heavy atom. The monoisotopic (exact) mass is 334 g/mol. The Hall–Kier alpha value is -2.32. The fourth-order valence-electron chi connectivity index (χ4n) is 4.08. The molecule has 8 heteroatoms. The largest absolute Gasteiger partial charge is 0.449 e. The second kappa shape index (κ2) is 5.64. The van der Waals surface area contributed by atoms with Gasteiger partial charge in [0.25, 0.3) is 0 Å². The third-order valence-electron chi connectivity index (χ3n) is 5.19. The molecule has 1 amide bonds. The van der Waals surface area contributed by atoms with Crippen molar-refractivity contribution in [1.29, 1.82) is 0 Å². The molecule has 0 spiro atoms. The van der Waals surface area contributed by atoms with E-state index < -0.39 is 6.09 Å². The van der Waals surface area contributed by atoms with Crippen LogP contribution in [0.15, 0.2) is 34.7 Å². The lowest BCUT2D eigenvalue weighted by molar-refractivity contribution is -0.113. The number of Topliss-reactive ketones (excluding diaryl/α,β-unsaturated/α-hetero) is 1. The van der Waals surface area contributed by atoms with Crippen molar-refractivity contribution in [3.63, 3.8) is 0 Å². The molecular weight excluding hydrogens is 312 g/mol. The van der Waals surface area contributed by atoms with Gasteiger partial charge in [-0.05, 0) is 18.1 Å². The molecule has 3 heterocycles. The maximum Gasteiger partial charge on any atom is 0.404 e. The van der Waals surface area contributed by atoms with Gasteiger partial charge in [0.15, 0.2) is 0 Å². The molecule has 130 valence electrons. The van der Waals surface area contributed by atoms with E-state index in [0.29, 0.717) is 34.6 Å². The van der Waals surface area contributed by atoms with Crippen molar-refractivity contribution in [2.24, 2.45) is 17.4 Å². The first-order chi connectivity index (χ1) is 11.4. The van der Waals surface area contributed by atoms with Crippen molar-refractivity contribution in [1.82, 2.24) is 10.2 Å². The highest BCUT2D eigenvalue weighted by atomic mass is 16.5. The van der Waals surface area contributed by atoms with Crippen LogP contribution >= 0.6 is 0 Å². The van der Waals surface area contributed by atoms with Crippen LogP contribution in [0, 0.1) is 5.92 Å². The zero-order valence-electron chi connectivity index (χ0n) is 13.7. The van der Waals surface area contributed by atoms with Crippen LogP contribution in [0.5, 0.6) is 0 Å². The summed E-state index contributed by atoms with van der Waals surface area (Å²) in [5, 5.41) is 10.4. The first kappa shape index (κ1) is 16.5. The number of fused-ring (bicyclic) bond motifs is 4. The van der Waals surface area contributed by atoms with Gasteiger partial charge in [-0.25, -0.2) is 4.79 Å². The Labute approximate surface area is 139 Å². The van der Waals surface area contributed by atoms with Crippen molar-refractivity contribution >= 4 is 11.9 Å². The number of aliphatic hydroxyl groups excluding tert-OH is 1. The molecule has 3 unspecified atom stereocenters. The number of carbonyl (C=O) groups is 2. The smallest absolute Gasteiger partial charge is 0.404 e. The number of primary amides is 1. The maximum absolute atomic E-state index is 12.7. The van der Waals surface area contributed by atoms with Gasteiger partial charge in [0.05, 0.1) is 11.7 Å². The van der Waals surface area contributed by atoms with E-state index in [0.717, 1.165) is 19.2 Å². The molecule has 1 aliphatic carbocycles. The molecule has 2 saturated heterocycles. The summed E-state index contributed by atoms with van der Waals surface area (Å²) in [4.78, 5) is 25.8. The quantitative estimate of drug-likeness (QED) is 0.473. The lowest BCUT2D eigenvalue weighted by Gasteiger charge is -2.27. The van der Waals surface area contributed by atoms with E-state index >= 15 is 0 Å². The summed E-state index contributed by atoms with van der Waals surface area (Å²) in [5.41, 5.74) is 14.3. The Bertz CT molecular complexity index is 696. The SMILES string of the molecule is C=C1C(N)=C(C)C(=O)C2=C1[C@@H](COC(N)=O)C1C3NC3CN21.CO. The zero-order chi connectivity index (χ0) is 17.8. The zero-order valence-corrected chi connectivity index (χ0v) is 13.7. The number of hydrogen-bond donors (Lipinski definition) is 4. The van der Waals surface area contributed by atoms with Gasteiger partial charge in [-0.1, -0.05) is 6.58 Å². The average Bonchev–Trinajstić information content (AvgIpc) is 3.11. The van der Waals surface area contributed by atoms with Crippen molar-refractivity contribution in [3.8, 4) is 0 Å². The van der Waals surface area contributed by atoms with Crippen molar-refractivity contribution in [3.05, 3.63) is 34.7 Å². The topological polar surface area (TPSA) is 141 Å². The Morgan fingerprint density at radius 2 is 2.17 bits per heavy atom. The Balaban J connectivity index is 0.000000815. The third-order valence-corrected chi connectivity index (χ3v) is 5.19. The van der Waals surface area contributed by atoms with Gasteiger partial charge in [-0.3, -0.25) is 4.79 Å². The van der Waals surface area contributed by atoms with Crippen LogP contribution in [0.3, 0.4) is 0 Å². The number of nitrogens with one attached hydrogen (secondary N) is 1. The van der Waals surface area contributed by atoms with Crippen LogP contribution in [0.4, 0.5) is 4.79 Å². The molecule has 6 N–H and O–H groups in total. The van der Waals surface area contributed by atoms with Crippen LogP contribution in [0.1, 0.15) is 6.92 Å². The summed E-state index contributed by atoms with van der Waals surface area (Å²) < 4.78 is 5.04. The number of ether oxygens (including phenoxy) is 1. The molecule has 0 bridgehead atoms. The minimum atomic E-state index is -0.814. The van der Waals surface area contributed by atoms with Gasteiger partial charge < -0.3 is 31.5 Å². The molecule has 4 aliphatic rings. The molecule has 3 aliphatic heterocycles. The number of aliphatic hydroxyl groups is 1. The Kier molecular flexibility index (Phi) is 3.89. The number of carbonyl (C=O) groups excluding carboxylic acids is 2. The summed E-state index contributed by atoms with van der Waals surface area (Å²) in [5.74, 6) is -0.177. The highest BCUT2D eigenvalue weighted by Crippen LogP contribution is 2.50. The van der Waals surface area contributed by atoms with E-state index in [4.69, 9.17) is 21.3 Å². The first-order valence-electron chi connectivity index (χ1n) is 7.76. The lowest BCUT2D eigenvalue weighted by atomic mass is 9.82. The highest BCUT2D eigenvalue weighted by molar-refractivity contribution is 6.11. The fraction of sp³-hybridized carbons (Fsp3) is 0.500. The standard InChI is InChI=1S/C15H18N4O3.CH4O/c1-5-9-7(4-22-15(17)21)12-11-8(18-11)3-19(12)13(9)14(20)6(2)10(5)16;1-2/h7-8,11-12,18H,1,3-4,16H2,2H3,(H2,17,21);2H,1H3/t7-,8?,11?,12?;/m1./s1. The number of nitrogens with zero attached hydrogens (tertiary/aromatic N) is 1. The predicted molar refractivity (Wildman–Crippen MR) is 86.4 cm³/mol. The molecule has 0 aromatic rings. The molecule has 4 atom stereocenters. The van der Waals surface area contributed by atoms with Crippen molar-refractivity contribution < 1.29 is 19.4 Å². The number of nitrogens with two attached hydrogens (primary N) is 2. The summed E-state index contributed by atoms with van der Waals surface area (Å²) in [6.07, 6.45) is -0.814. The van der Waals surface area contributed by atoms with Crippen LogP contribution in [-0.2, 0) is 9.53 Å². The molecule has 0 saturated carbocycles. The molecule has 24 heavy (non-hydrogen) atoms. The second-order valence-corrected chi connectivity index (χ2v) is 6.29.